The normalized spacial score (nSPS) is 11.9. The van der Waals surface area contributed by atoms with Crippen LogP contribution in [-0.2, 0) is 32.6 Å². The average molecular weight is 713 g/mol. The lowest BCUT2D eigenvalue weighted by Crippen LogP contribution is -2.53. The van der Waals surface area contributed by atoms with Crippen molar-refractivity contribution in [3.05, 3.63) is 118 Å². The summed E-state index contributed by atoms with van der Waals surface area (Å²) in [5.41, 5.74) is 1.50. The van der Waals surface area contributed by atoms with Crippen molar-refractivity contribution in [2.75, 3.05) is 31.6 Å². The quantitative estimate of drug-likeness (QED) is 0.149. The van der Waals surface area contributed by atoms with Gasteiger partial charge in [-0.15, -0.1) is 0 Å². The molecule has 4 aromatic rings. The van der Waals surface area contributed by atoms with Crippen molar-refractivity contribution in [3.8, 4) is 11.5 Å². The van der Waals surface area contributed by atoms with E-state index in [1.165, 1.54) is 43.4 Å². The molecule has 0 fully saturated rings. The molecule has 2 amide bonds. The zero-order valence-corrected chi connectivity index (χ0v) is 29.6. The predicted molar refractivity (Wildman–Crippen MR) is 189 cm³/mol. The number of nitrogens with zero attached hydrogens (tertiary/aromatic N) is 2. The number of methoxy groups -OCH3 is 2. The average Bonchev–Trinajstić information content (AvgIpc) is 3.08. The molecule has 0 spiro atoms. The van der Waals surface area contributed by atoms with E-state index in [4.69, 9.17) is 32.7 Å². The van der Waals surface area contributed by atoms with Crippen molar-refractivity contribution in [3.63, 3.8) is 0 Å². The molecule has 0 heterocycles. The molecule has 0 bridgehead atoms. The maximum Gasteiger partial charge on any atom is 0.264 e. The van der Waals surface area contributed by atoms with E-state index in [9.17, 15) is 18.0 Å². The van der Waals surface area contributed by atoms with E-state index in [1.54, 1.807) is 42.5 Å². The highest BCUT2D eigenvalue weighted by Crippen LogP contribution is 2.33. The lowest BCUT2D eigenvalue weighted by molar-refractivity contribution is -0.140. The molecule has 9 nitrogen and oxygen atoms in total. The molecule has 0 aliphatic heterocycles. The Kier molecular flexibility index (Phi) is 12.7. The van der Waals surface area contributed by atoms with Crippen LogP contribution in [0.1, 0.15) is 25.0 Å². The van der Waals surface area contributed by atoms with Gasteiger partial charge in [-0.2, -0.15) is 0 Å². The van der Waals surface area contributed by atoms with Crippen LogP contribution < -0.4 is 19.1 Å². The van der Waals surface area contributed by atoms with Gasteiger partial charge >= 0.3 is 0 Å². The Balaban J connectivity index is 1.84. The van der Waals surface area contributed by atoms with Crippen LogP contribution in [0.25, 0.3) is 0 Å². The minimum Gasteiger partial charge on any atom is -0.497 e. The maximum atomic E-state index is 14.7. The number of amides is 2. The summed E-state index contributed by atoms with van der Waals surface area (Å²) < 4.78 is 40.4. The van der Waals surface area contributed by atoms with Crippen LogP contribution in [0, 0.1) is 5.92 Å². The van der Waals surface area contributed by atoms with Crippen LogP contribution in [0.15, 0.2) is 102 Å². The summed E-state index contributed by atoms with van der Waals surface area (Å²) in [6.07, 6.45) is 0.168. The SMILES string of the molecule is COc1ccc(S(=O)(=O)N(CC(=O)N(Cc2ccc(Cl)cc2Cl)[C@@H](Cc2ccccc2)C(=O)NCC(C)C)c2ccccc2OC)cc1. The number of halogens is 2. The number of carbonyl (C=O) groups excluding carboxylic acids is 2. The lowest BCUT2D eigenvalue weighted by Gasteiger charge is -2.34. The van der Waals surface area contributed by atoms with E-state index >= 15 is 0 Å². The number of para-hydroxylation sites is 2. The van der Waals surface area contributed by atoms with Crippen LogP contribution in [0.3, 0.4) is 0 Å². The van der Waals surface area contributed by atoms with Gasteiger partial charge in [0, 0.05) is 29.6 Å². The monoisotopic (exact) mass is 711 g/mol. The molecule has 12 heteroatoms. The van der Waals surface area contributed by atoms with Crippen molar-refractivity contribution in [2.45, 2.75) is 37.8 Å². The highest BCUT2D eigenvalue weighted by Gasteiger charge is 2.36. The van der Waals surface area contributed by atoms with E-state index < -0.39 is 28.5 Å². The zero-order chi connectivity index (χ0) is 34.8. The molecule has 0 saturated heterocycles. The molecule has 0 saturated carbocycles. The number of rotatable bonds is 15. The van der Waals surface area contributed by atoms with Crippen molar-refractivity contribution >= 4 is 50.7 Å². The molecule has 0 aliphatic carbocycles. The minimum absolute atomic E-state index is 0.0650. The number of benzene rings is 4. The van der Waals surface area contributed by atoms with Crippen LogP contribution in [0.5, 0.6) is 11.5 Å². The van der Waals surface area contributed by atoms with Gasteiger partial charge in [0.1, 0.15) is 24.1 Å². The fraction of sp³-hybridized carbons (Fsp3) is 0.278. The van der Waals surface area contributed by atoms with Gasteiger partial charge in [-0.1, -0.05) is 85.6 Å². The number of anilines is 1. The summed E-state index contributed by atoms with van der Waals surface area (Å²) in [6.45, 7) is 3.58. The number of hydrogen-bond acceptors (Lipinski definition) is 6. The van der Waals surface area contributed by atoms with Crippen molar-refractivity contribution in [2.24, 2.45) is 5.92 Å². The Morgan fingerprint density at radius 3 is 2.15 bits per heavy atom. The lowest BCUT2D eigenvalue weighted by atomic mass is 10.0. The summed E-state index contributed by atoms with van der Waals surface area (Å²) >= 11 is 12.8. The van der Waals surface area contributed by atoms with Crippen LogP contribution in [-0.4, -0.2) is 58.5 Å². The van der Waals surface area contributed by atoms with Gasteiger partial charge in [0.25, 0.3) is 10.0 Å². The van der Waals surface area contributed by atoms with Crippen LogP contribution in [0.2, 0.25) is 10.0 Å². The molecule has 0 aromatic heterocycles. The van der Waals surface area contributed by atoms with Gasteiger partial charge in [-0.3, -0.25) is 13.9 Å². The highest BCUT2D eigenvalue weighted by molar-refractivity contribution is 7.92. The number of hydrogen-bond donors (Lipinski definition) is 1. The first kappa shape index (κ1) is 36.6. The van der Waals surface area contributed by atoms with Gasteiger partial charge in [0.15, 0.2) is 0 Å². The Morgan fingerprint density at radius 2 is 1.52 bits per heavy atom. The molecule has 4 aromatic carbocycles. The Morgan fingerprint density at radius 1 is 0.854 bits per heavy atom. The second-order valence-corrected chi connectivity index (χ2v) is 14.2. The second kappa shape index (κ2) is 16.7. The number of nitrogens with one attached hydrogen (secondary N) is 1. The summed E-state index contributed by atoms with van der Waals surface area (Å²) in [4.78, 5) is 29.9. The van der Waals surface area contributed by atoms with Crippen molar-refractivity contribution in [1.82, 2.24) is 10.2 Å². The number of sulfonamides is 1. The summed E-state index contributed by atoms with van der Waals surface area (Å²) in [5, 5.41) is 3.67. The topological polar surface area (TPSA) is 105 Å². The smallest absolute Gasteiger partial charge is 0.264 e. The standard InChI is InChI=1S/C36H39Cl2N3O6S/c1-25(2)22-39-36(43)33(20-26-10-6-5-7-11-26)40(23-27-14-15-28(37)21-31(27)38)35(42)24-41(32-12-8-9-13-34(32)47-4)48(44,45)30-18-16-29(46-3)17-19-30/h5-19,21,25,33H,20,22-24H2,1-4H3,(H,39,43)/t33-/m0/s1. The number of carbonyl (C=O) groups is 2. The van der Waals surface area contributed by atoms with Gasteiger partial charge in [-0.25, -0.2) is 8.42 Å². The van der Waals surface area contributed by atoms with E-state index in [1.807, 2.05) is 44.2 Å². The summed E-state index contributed by atoms with van der Waals surface area (Å²) in [5.74, 6) is -0.157. The molecular weight excluding hydrogens is 673 g/mol. The van der Waals surface area contributed by atoms with Crippen molar-refractivity contribution < 1.29 is 27.5 Å². The van der Waals surface area contributed by atoms with Gasteiger partial charge in [0.05, 0.1) is 24.8 Å². The minimum atomic E-state index is -4.35. The maximum absolute atomic E-state index is 14.7. The molecule has 48 heavy (non-hydrogen) atoms. The van der Waals surface area contributed by atoms with E-state index in [0.29, 0.717) is 27.9 Å². The fourth-order valence-electron chi connectivity index (χ4n) is 5.03. The molecular formula is C36H39Cl2N3O6S. The fourth-order valence-corrected chi connectivity index (χ4v) is 6.93. The third kappa shape index (κ3) is 9.21. The summed E-state index contributed by atoms with van der Waals surface area (Å²) in [7, 11) is -1.45. The predicted octanol–water partition coefficient (Wildman–Crippen LogP) is 6.62. The molecule has 1 N–H and O–H groups in total. The van der Waals surface area contributed by atoms with E-state index in [2.05, 4.69) is 5.32 Å². The van der Waals surface area contributed by atoms with Crippen LogP contribution >= 0.6 is 23.2 Å². The molecule has 254 valence electrons. The van der Waals surface area contributed by atoms with Gasteiger partial charge in [-0.05, 0) is 65.6 Å². The van der Waals surface area contributed by atoms with E-state index in [-0.39, 0.29) is 41.1 Å². The Bertz CT molecular complexity index is 1800. The first-order valence-electron chi connectivity index (χ1n) is 15.3. The Hall–Kier alpha value is -4.25. The highest BCUT2D eigenvalue weighted by atomic mass is 35.5. The van der Waals surface area contributed by atoms with Crippen LogP contribution in [0.4, 0.5) is 5.69 Å². The second-order valence-electron chi connectivity index (χ2n) is 11.5. The molecule has 0 radical (unpaired) electrons. The van der Waals surface area contributed by atoms with Crippen molar-refractivity contribution in [1.29, 1.82) is 0 Å². The van der Waals surface area contributed by atoms with Gasteiger partial charge in [0.2, 0.25) is 11.8 Å². The number of ether oxygens (including phenoxy) is 2. The third-order valence-corrected chi connectivity index (χ3v) is 9.95. The molecule has 1 atom stereocenters. The molecule has 0 unspecified atom stereocenters. The molecule has 0 aliphatic rings. The third-order valence-electron chi connectivity index (χ3n) is 7.59. The zero-order valence-electron chi connectivity index (χ0n) is 27.2. The largest absolute Gasteiger partial charge is 0.497 e. The first-order chi connectivity index (χ1) is 22.9. The van der Waals surface area contributed by atoms with E-state index in [0.717, 1.165) is 9.87 Å². The Labute approximate surface area is 292 Å². The van der Waals surface area contributed by atoms with Gasteiger partial charge < -0.3 is 19.7 Å². The first-order valence-corrected chi connectivity index (χ1v) is 17.5. The summed E-state index contributed by atoms with van der Waals surface area (Å²) in [6, 6.07) is 25.6. The molecule has 4 rings (SSSR count).